The number of anilines is 1. The summed E-state index contributed by atoms with van der Waals surface area (Å²) in [5.41, 5.74) is 3.98. The molecule has 1 atom stereocenters. The number of amides is 2. The standard InChI is InChI=1S/C20H20N4O3/c1-12-13(2)23-17-9-14(7-8-16(17)22-12)24-20(25)21-10-15-11-26-18-5-3-4-6-19(18)27-15/h3-9,15H,10-11H2,1-2H3,(H2,21,24,25). The minimum Gasteiger partial charge on any atom is -0.486 e. The van der Waals surface area contributed by atoms with Gasteiger partial charge in [0.05, 0.1) is 29.0 Å². The monoisotopic (exact) mass is 364 g/mol. The number of hydrogen-bond donors (Lipinski definition) is 2. The van der Waals surface area contributed by atoms with Gasteiger partial charge in [-0.2, -0.15) is 0 Å². The zero-order chi connectivity index (χ0) is 18.8. The zero-order valence-electron chi connectivity index (χ0n) is 15.2. The number of aryl methyl sites for hydroxylation is 2. The topological polar surface area (TPSA) is 85.4 Å². The minimum absolute atomic E-state index is 0.237. The summed E-state index contributed by atoms with van der Waals surface area (Å²) in [6.45, 7) is 4.57. The maximum Gasteiger partial charge on any atom is 0.319 e. The van der Waals surface area contributed by atoms with Crippen molar-refractivity contribution in [3.63, 3.8) is 0 Å². The van der Waals surface area contributed by atoms with Crippen LogP contribution in [0, 0.1) is 13.8 Å². The third kappa shape index (κ3) is 3.76. The van der Waals surface area contributed by atoms with Gasteiger partial charge in [-0.15, -0.1) is 0 Å². The molecule has 0 bridgehead atoms. The second-order valence-electron chi connectivity index (χ2n) is 6.43. The molecule has 27 heavy (non-hydrogen) atoms. The van der Waals surface area contributed by atoms with E-state index in [0.29, 0.717) is 24.6 Å². The molecule has 2 N–H and O–H groups in total. The molecule has 4 rings (SSSR count). The van der Waals surface area contributed by atoms with Crippen LogP contribution in [-0.2, 0) is 0 Å². The predicted molar refractivity (Wildman–Crippen MR) is 102 cm³/mol. The van der Waals surface area contributed by atoms with Crippen LogP contribution in [0.5, 0.6) is 11.5 Å². The molecule has 1 aromatic heterocycles. The van der Waals surface area contributed by atoms with E-state index in [1.807, 2.05) is 56.3 Å². The number of aromatic nitrogens is 2. The number of hydrogen-bond acceptors (Lipinski definition) is 5. The lowest BCUT2D eigenvalue weighted by atomic mass is 10.2. The highest BCUT2D eigenvalue weighted by Crippen LogP contribution is 2.30. The number of fused-ring (bicyclic) bond motifs is 2. The molecule has 1 unspecified atom stereocenters. The van der Waals surface area contributed by atoms with Crippen LogP contribution in [0.1, 0.15) is 11.4 Å². The molecule has 0 saturated carbocycles. The Labute approximate surface area is 156 Å². The largest absolute Gasteiger partial charge is 0.486 e. The van der Waals surface area contributed by atoms with Crippen molar-refractivity contribution < 1.29 is 14.3 Å². The second kappa shape index (κ2) is 7.11. The Kier molecular flexibility index (Phi) is 4.50. The highest BCUT2D eigenvalue weighted by Gasteiger charge is 2.21. The van der Waals surface area contributed by atoms with E-state index in [-0.39, 0.29) is 12.1 Å². The van der Waals surface area contributed by atoms with Gasteiger partial charge in [0.1, 0.15) is 6.61 Å². The van der Waals surface area contributed by atoms with Crippen molar-refractivity contribution in [2.75, 3.05) is 18.5 Å². The van der Waals surface area contributed by atoms with E-state index in [4.69, 9.17) is 9.47 Å². The quantitative estimate of drug-likeness (QED) is 0.745. The fourth-order valence-electron chi connectivity index (χ4n) is 2.85. The van der Waals surface area contributed by atoms with Gasteiger partial charge in [0, 0.05) is 5.69 Å². The number of nitrogens with zero attached hydrogens (tertiary/aromatic N) is 2. The number of urea groups is 1. The summed E-state index contributed by atoms with van der Waals surface area (Å²) >= 11 is 0. The van der Waals surface area contributed by atoms with Crippen molar-refractivity contribution in [3.05, 3.63) is 53.9 Å². The van der Waals surface area contributed by atoms with E-state index < -0.39 is 0 Å². The van der Waals surface area contributed by atoms with Gasteiger partial charge in [-0.3, -0.25) is 0 Å². The molecule has 0 aliphatic carbocycles. The lowest BCUT2D eigenvalue weighted by molar-refractivity contribution is 0.0922. The Morgan fingerprint density at radius 3 is 2.63 bits per heavy atom. The number of para-hydroxylation sites is 2. The van der Waals surface area contributed by atoms with E-state index in [9.17, 15) is 4.79 Å². The van der Waals surface area contributed by atoms with Crippen molar-refractivity contribution in [2.24, 2.45) is 0 Å². The van der Waals surface area contributed by atoms with Crippen LogP contribution >= 0.6 is 0 Å². The molecule has 138 valence electrons. The molecule has 2 amide bonds. The summed E-state index contributed by atoms with van der Waals surface area (Å²) in [7, 11) is 0. The fourth-order valence-corrected chi connectivity index (χ4v) is 2.85. The number of carbonyl (C=O) groups excluding carboxylic acids is 1. The van der Waals surface area contributed by atoms with Gasteiger partial charge in [-0.25, -0.2) is 14.8 Å². The Morgan fingerprint density at radius 2 is 1.81 bits per heavy atom. The lowest BCUT2D eigenvalue weighted by Crippen LogP contribution is -2.42. The molecule has 7 nitrogen and oxygen atoms in total. The molecule has 0 fully saturated rings. The Bertz CT molecular complexity index is 1010. The maximum atomic E-state index is 12.2. The van der Waals surface area contributed by atoms with Gasteiger partial charge in [-0.1, -0.05) is 12.1 Å². The highest BCUT2D eigenvalue weighted by atomic mass is 16.6. The van der Waals surface area contributed by atoms with Crippen LogP contribution in [-0.4, -0.2) is 35.3 Å². The van der Waals surface area contributed by atoms with E-state index in [2.05, 4.69) is 20.6 Å². The molecular weight excluding hydrogens is 344 g/mol. The maximum absolute atomic E-state index is 12.2. The van der Waals surface area contributed by atoms with E-state index in [0.717, 1.165) is 28.2 Å². The smallest absolute Gasteiger partial charge is 0.319 e. The third-order valence-electron chi connectivity index (χ3n) is 4.39. The average Bonchev–Trinajstić information content (AvgIpc) is 2.67. The number of nitrogens with one attached hydrogen (secondary N) is 2. The van der Waals surface area contributed by atoms with Crippen LogP contribution in [0.2, 0.25) is 0 Å². The number of benzene rings is 2. The molecule has 1 aliphatic heterocycles. The van der Waals surface area contributed by atoms with Crippen LogP contribution < -0.4 is 20.1 Å². The second-order valence-corrected chi connectivity index (χ2v) is 6.43. The van der Waals surface area contributed by atoms with Crippen molar-refractivity contribution in [2.45, 2.75) is 20.0 Å². The van der Waals surface area contributed by atoms with E-state index in [1.54, 1.807) is 0 Å². The minimum atomic E-state index is -0.311. The summed E-state index contributed by atoms with van der Waals surface area (Å²) in [4.78, 5) is 21.2. The van der Waals surface area contributed by atoms with Gasteiger partial charge in [0.2, 0.25) is 0 Å². The first-order chi connectivity index (χ1) is 13.1. The van der Waals surface area contributed by atoms with E-state index in [1.165, 1.54) is 0 Å². The summed E-state index contributed by atoms with van der Waals surface area (Å²) in [5.74, 6) is 1.41. The van der Waals surface area contributed by atoms with Crippen LogP contribution in [0.15, 0.2) is 42.5 Å². The highest BCUT2D eigenvalue weighted by molar-refractivity contribution is 5.91. The van der Waals surface area contributed by atoms with Gasteiger partial charge < -0.3 is 20.1 Å². The van der Waals surface area contributed by atoms with Crippen LogP contribution in [0.25, 0.3) is 11.0 Å². The Hall–Kier alpha value is -3.35. The molecule has 0 spiro atoms. The summed E-state index contributed by atoms with van der Waals surface area (Å²) < 4.78 is 11.5. The van der Waals surface area contributed by atoms with Crippen molar-refractivity contribution in [1.29, 1.82) is 0 Å². The summed E-state index contributed by atoms with van der Waals surface area (Å²) in [6, 6.07) is 12.6. The first kappa shape index (κ1) is 17.1. The van der Waals surface area contributed by atoms with Crippen molar-refractivity contribution in [3.8, 4) is 11.5 Å². The first-order valence-electron chi connectivity index (χ1n) is 8.77. The molecule has 1 aliphatic rings. The van der Waals surface area contributed by atoms with Crippen LogP contribution in [0.4, 0.5) is 10.5 Å². The molecule has 0 radical (unpaired) electrons. The molecular formula is C20H20N4O3. The normalized spacial score (nSPS) is 15.4. The third-order valence-corrected chi connectivity index (χ3v) is 4.39. The first-order valence-corrected chi connectivity index (χ1v) is 8.77. The lowest BCUT2D eigenvalue weighted by Gasteiger charge is -2.26. The Balaban J connectivity index is 1.36. The average molecular weight is 364 g/mol. The number of ether oxygens (including phenoxy) is 2. The predicted octanol–water partition coefficient (Wildman–Crippen LogP) is 3.21. The van der Waals surface area contributed by atoms with Crippen LogP contribution in [0.3, 0.4) is 0 Å². The molecule has 2 heterocycles. The van der Waals surface area contributed by atoms with Gasteiger partial charge in [-0.05, 0) is 44.2 Å². The van der Waals surface area contributed by atoms with Gasteiger partial charge in [0.15, 0.2) is 17.6 Å². The van der Waals surface area contributed by atoms with Crippen molar-refractivity contribution in [1.82, 2.24) is 15.3 Å². The van der Waals surface area contributed by atoms with Gasteiger partial charge in [0.25, 0.3) is 0 Å². The zero-order valence-corrected chi connectivity index (χ0v) is 15.2. The fraction of sp³-hybridized carbons (Fsp3) is 0.250. The Morgan fingerprint density at radius 1 is 1.07 bits per heavy atom. The number of carbonyl (C=O) groups is 1. The molecule has 3 aromatic rings. The summed E-state index contributed by atoms with van der Waals surface area (Å²) in [5, 5.41) is 5.62. The number of rotatable bonds is 3. The SMILES string of the molecule is Cc1nc2ccc(NC(=O)NCC3COc4ccccc4O3)cc2nc1C. The van der Waals surface area contributed by atoms with Gasteiger partial charge >= 0.3 is 6.03 Å². The molecule has 7 heteroatoms. The molecule has 0 saturated heterocycles. The molecule has 2 aromatic carbocycles. The van der Waals surface area contributed by atoms with Crippen molar-refractivity contribution >= 4 is 22.8 Å². The van der Waals surface area contributed by atoms with E-state index >= 15 is 0 Å². The summed E-state index contributed by atoms with van der Waals surface area (Å²) in [6.07, 6.45) is -0.237.